The first-order valence-electron chi connectivity index (χ1n) is 16.2. The minimum absolute atomic E-state index is 0.0295. The van der Waals surface area contributed by atoms with Gasteiger partial charge >= 0.3 is 6.16 Å². The highest BCUT2D eigenvalue weighted by Gasteiger charge is 2.16. The number of carbonyl (C=O) groups is 1. The predicted octanol–water partition coefficient (Wildman–Crippen LogP) is 10.1. The summed E-state index contributed by atoms with van der Waals surface area (Å²) in [7, 11) is 0. The number of benzene rings is 6. The van der Waals surface area contributed by atoms with Crippen molar-refractivity contribution in [3.63, 3.8) is 0 Å². The van der Waals surface area contributed by atoms with Crippen molar-refractivity contribution >= 4 is 40.3 Å². The highest BCUT2D eigenvalue weighted by atomic mass is 16.7. The summed E-state index contributed by atoms with van der Waals surface area (Å²) in [5.41, 5.74) is 9.41. The van der Waals surface area contributed by atoms with Gasteiger partial charge in [-0.2, -0.15) is 0 Å². The fraction of sp³-hybridized carbons (Fsp3) is 0.119. The number of aryl methyl sites for hydroxylation is 1. The number of carbonyl (C=O) groups excluding carboxylic acids is 1. The van der Waals surface area contributed by atoms with E-state index in [9.17, 15) is 4.79 Å². The zero-order chi connectivity index (χ0) is 33.8. The van der Waals surface area contributed by atoms with Gasteiger partial charge in [0.15, 0.2) is 0 Å². The normalized spacial score (nSPS) is 10.7. The van der Waals surface area contributed by atoms with Crippen molar-refractivity contribution < 1.29 is 24.1 Å². The van der Waals surface area contributed by atoms with Crippen molar-refractivity contribution in [2.75, 3.05) is 36.2 Å². The van der Waals surface area contributed by atoms with E-state index in [0.29, 0.717) is 5.75 Å². The molecule has 246 valence electrons. The zero-order valence-corrected chi connectivity index (χ0v) is 27.3. The summed E-state index contributed by atoms with van der Waals surface area (Å²) in [5.74, 6) is 0.353. The molecule has 0 aromatic heterocycles. The van der Waals surface area contributed by atoms with Crippen LogP contribution in [0.1, 0.15) is 5.56 Å². The Morgan fingerprint density at radius 2 is 1.02 bits per heavy atom. The quantitative estimate of drug-likeness (QED) is 0.0758. The Kier molecular flexibility index (Phi) is 11.0. The largest absolute Gasteiger partial charge is 0.513 e. The first-order chi connectivity index (χ1) is 24.1. The van der Waals surface area contributed by atoms with Gasteiger partial charge in [-0.15, -0.1) is 0 Å². The summed E-state index contributed by atoms with van der Waals surface area (Å²) in [4.78, 5) is 16.7. The maximum Gasteiger partial charge on any atom is 0.513 e. The summed E-state index contributed by atoms with van der Waals surface area (Å²) >= 11 is 0. The third-order valence-electron chi connectivity index (χ3n) is 7.83. The first-order valence-corrected chi connectivity index (χ1v) is 16.2. The van der Waals surface area contributed by atoms with E-state index < -0.39 is 6.16 Å². The summed E-state index contributed by atoms with van der Waals surface area (Å²) in [5, 5.41) is 8.81. The molecule has 0 aliphatic heterocycles. The van der Waals surface area contributed by atoms with Gasteiger partial charge in [0.05, 0.1) is 19.8 Å². The number of aliphatic hydroxyl groups excluding tert-OH is 1. The van der Waals surface area contributed by atoms with Crippen LogP contribution in [0.15, 0.2) is 158 Å². The fourth-order valence-electron chi connectivity index (χ4n) is 5.58. The number of hydrogen-bond donors (Lipinski definition) is 1. The van der Waals surface area contributed by atoms with Crippen molar-refractivity contribution in [3.05, 3.63) is 163 Å². The topological polar surface area (TPSA) is 71.5 Å². The smallest absolute Gasteiger partial charge is 0.432 e. The molecule has 0 atom stereocenters. The molecule has 0 amide bonds. The lowest BCUT2D eigenvalue weighted by molar-refractivity contribution is 0.0395. The molecule has 0 aliphatic rings. The predicted molar refractivity (Wildman–Crippen MR) is 196 cm³/mol. The molecule has 0 fully saturated rings. The SMILES string of the molecule is Cc1cccc(N(c2ccccc2)c2ccc(-c3ccc(N(c4ccccc4)c4cccc(OC(=O)OCCOCCO)c4)cc3)cc2)c1. The second kappa shape index (κ2) is 16.3. The van der Waals surface area contributed by atoms with Crippen LogP contribution in [0.3, 0.4) is 0 Å². The maximum atomic E-state index is 12.3. The molecule has 0 aliphatic carbocycles. The van der Waals surface area contributed by atoms with Crippen molar-refractivity contribution in [1.29, 1.82) is 0 Å². The number of rotatable bonds is 13. The van der Waals surface area contributed by atoms with Crippen LogP contribution in [0.25, 0.3) is 11.1 Å². The van der Waals surface area contributed by atoms with Crippen molar-refractivity contribution in [2.45, 2.75) is 6.92 Å². The average Bonchev–Trinajstić information content (AvgIpc) is 3.14. The van der Waals surface area contributed by atoms with Crippen molar-refractivity contribution in [1.82, 2.24) is 0 Å². The highest BCUT2D eigenvalue weighted by Crippen LogP contribution is 2.38. The van der Waals surface area contributed by atoms with Gasteiger partial charge in [-0.25, -0.2) is 4.79 Å². The van der Waals surface area contributed by atoms with E-state index >= 15 is 0 Å². The third kappa shape index (κ3) is 8.53. The van der Waals surface area contributed by atoms with Crippen LogP contribution >= 0.6 is 0 Å². The minimum atomic E-state index is -0.822. The van der Waals surface area contributed by atoms with Gasteiger partial charge in [-0.1, -0.05) is 78.9 Å². The molecule has 0 bridgehead atoms. The zero-order valence-electron chi connectivity index (χ0n) is 27.3. The molecule has 0 spiro atoms. The van der Waals surface area contributed by atoms with Gasteiger partial charge in [0.1, 0.15) is 12.4 Å². The average molecular weight is 651 g/mol. The van der Waals surface area contributed by atoms with Gasteiger partial charge in [-0.3, -0.25) is 0 Å². The number of anilines is 6. The minimum Gasteiger partial charge on any atom is -0.432 e. The molecular formula is C42H38N2O5. The molecule has 0 unspecified atom stereocenters. The van der Waals surface area contributed by atoms with Crippen LogP contribution in [0.5, 0.6) is 5.75 Å². The van der Waals surface area contributed by atoms with Crippen LogP contribution in [0.2, 0.25) is 0 Å². The lowest BCUT2D eigenvalue weighted by Crippen LogP contribution is -2.15. The molecule has 6 aromatic carbocycles. The van der Waals surface area contributed by atoms with Crippen LogP contribution in [-0.2, 0) is 9.47 Å². The molecule has 0 saturated carbocycles. The number of aliphatic hydroxyl groups is 1. The highest BCUT2D eigenvalue weighted by molar-refractivity contribution is 5.81. The molecule has 6 rings (SSSR count). The Bertz CT molecular complexity index is 1930. The first kappa shape index (κ1) is 33.0. The Balaban J connectivity index is 1.23. The molecular weight excluding hydrogens is 612 g/mol. The fourth-order valence-corrected chi connectivity index (χ4v) is 5.58. The Hall–Kier alpha value is -5.89. The standard InChI is InChI=1S/C42H38N2O5/c1-32-10-8-15-39(30-32)43(35-11-4-2-5-12-35)37-22-18-33(19-23-37)34-20-24-38(25-21-34)44(36-13-6-3-7-14-36)40-16-9-17-41(31-40)49-42(46)48-29-28-47-27-26-45/h2-25,30-31,45H,26-29H2,1H3. The molecule has 0 heterocycles. The maximum absolute atomic E-state index is 12.3. The Morgan fingerprint density at radius 1 is 0.531 bits per heavy atom. The molecule has 1 N–H and O–H groups in total. The van der Waals surface area contributed by atoms with Crippen LogP contribution in [0.4, 0.5) is 38.9 Å². The summed E-state index contributed by atoms with van der Waals surface area (Å²) in [6.07, 6.45) is -0.822. The number of hydrogen-bond acceptors (Lipinski definition) is 7. The molecule has 49 heavy (non-hydrogen) atoms. The Labute approximate surface area is 287 Å². The van der Waals surface area contributed by atoms with Crippen molar-refractivity contribution in [3.8, 4) is 16.9 Å². The van der Waals surface area contributed by atoms with Gasteiger partial charge in [0.25, 0.3) is 0 Å². The number of ether oxygens (including phenoxy) is 3. The number of para-hydroxylation sites is 2. The van der Waals surface area contributed by atoms with Crippen LogP contribution in [0, 0.1) is 6.92 Å². The summed E-state index contributed by atoms with van der Waals surface area (Å²) < 4.78 is 15.7. The van der Waals surface area contributed by atoms with Gasteiger partial charge in [0, 0.05) is 40.2 Å². The second-order valence-electron chi connectivity index (χ2n) is 11.3. The lowest BCUT2D eigenvalue weighted by Gasteiger charge is -2.26. The third-order valence-corrected chi connectivity index (χ3v) is 7.83. The monoisotopic (exact) mass is 650 g/mol. The van der Waals surface area contributed by atoms with E-state index in [-0.39, 0.29) is 26.4 Å². The summed E-state index contributed by atoms with van der Waals surface area (Å²) in [6.45, 7) is 2.41. The van der Waals surface area contributed by atoms with E-state index in [2.05, 4.69) is 114 Å². The Morgan fingerprint density at radius 3 is 1.55 bits per heavy atom. The van der Waals surface area contributed by atoms with E-state index in [4.69, 9.17) is 19.3 Å². The van der Waals surface area contributed by atoms with E-state index in [1.54, 1.807) is 12.1 Å². The number of nitrogens with zero attached hydrogens (tertiary/aromatic N) is 2. The van der Waals surface area contributed by atoms with E-state index in [1.165, 1.54) is 5.56 Å². The van der Waals surface area contributed by atoms with Crippen LogP contribution < -0.4 is 14.5 Å². The molecule has 0 radical (unpaired) electrons. The van der Waals surface area contributed by atoms with Crippen LogP contribution in [-0.4, -0.2) is 37.7 Å². The van der Waals surface area contributed by atoms with Gasteiger partial charge in [0.2, 0.25) is 0 Å². The lowest BCUT2D eigenvalue weighted by atomic mass is 10.0. The van der Waals surface area contributed by atoms with E-state index in [0.717, 1.165) is 45.3 Å². The van der Waals surface area contributed by atoms with Crippen molar-refractivity contribution in [2.24, 2.45) is 0 Å². The summed E-state index contributed by atoms with van der Waals surface area (Å²) in [6, 6.07) is 53.3. The molecule has 7 nitrogen and oxygen atoms in total. The van der Waals surface area contributed by atoms with Gasteiger partial charge in [-0.05, 0) is 96.4 Å². The van der Waals surface area contributed by atoms with E-state index in [1.807, 2.05) is 48.5 Å². The molecule has 7 heteroatoms. The second-order valence-corrected chi connectivity index (χ2v) is 11.3. The molecule has 0 saturated heterocycles. The van der Waals surface area contributed by atoms with Gasteiger partial charge < -0.3 is 29.1 Å². The molecule has 6 aromatic rings.